The third kappa shape index (κ3) is 5.11. The van der Waals surface area contributed by atoms with E-state index in [0.29, 0.717) is 12.3 Å². The summed E-state index contributed by atoms with van der Waals surface area (Å²) in [5.41, 5.74) is 0.751. The first kappa shape index (κ1) is 19.6. The SMILES string of the molecule is CCCNC(=O)[C@H]1CN(CC(=O)NCC(=O)N(C)C)c2ccccc2O1. The zero-order valence-corrected chi connectivity index (χ0v) is 15.4. The zero-order valence-electron chi connectivity index (χ0n) is 15.4. The van der Waals surface area contributed by atoms with Crippen LogP contribution in [0.15, 0.2) is 24.3 Å². The number of para-hydroxylation sites is 2. The van der Waals surface area contributed by atoms with E-state index in [-0.39, 0.29) is 37.4 Å². The van der Waals surface area contributed by atoms with Gasteiger partial charge in [0.25, 0.3) is 5.91 Å². The molecule has 1 aliphatic rings. The van der Waals surface area contributed by atoms with Gasteiger partial charge in [0.15, 0.2) is 6.10 Å². The normalized spacial score (nSPS) is 15.5. The number of likely N-dealkylation sites (N-methyl/N-ethyl adjacent to an activating group) is 1. The summed E-state index contributed by atoms with van der Waals surface area (Å²) in [4.78, 5) is 39.3. The molecular formula is C18H26N4O4. The van der Waals surface area contributed by atoms with E-state index in [1.54, 1.807) is 25.1 Å². The summed E-state index contributed by atoms with van der Waals surface area (Å²) in [7, 11) is 3.26. The zero-order chi connectivity index (χ0) is 19.1. The number of amides is 3. The first-order valence-electron chi connectivity index (χ1n) is 8.67. The molecule has 8 heteroatoms. The average Bonchev–Trinajstić information content (AvgIpc) is 2.63. The second-order valence-corrected chi connectivity index (χ2v) is 6.31. The Morgan fingerprint density at radius 2 is 1.96 bits per heavy atom. The van der Waals surface area contributed by atoms with E-state index in [0.717, 1.165) is 12.1 Å². The van der Waals surface area contributed by atoms with Crippen molar-refractivity contribution < 1.29 is 19.1 Å². The van der Waals surface area contributed by atoms with E-state index < -0.39 is 6.10 Å². The predicted molar refractivity (Wildman–Crippen MR) is 98.1 cm³/mol. The van der Waals surface area contributed by atoms with Crippen LogP contribution in [0.3, 0.4) is 0 Å². The number of hydrogen-bond acceptors (Lipinski definition) is 5. The van der Waals surface area contributed by atoms with Crippen molar-refractivity contribution in [3.05, 3.63) is 24.3 Å². The molecular weight excluding hydrogens is 336 g/mol. The minimum Gasteiger partial charge on any atom is -0.477 e. The molecule has 1 aromatic carbocycles. The fraction of sp³-hybridized carbons (Fsp3) is 0.500. The highest BCUT2D eigenvalue weighted by Gasteiger charge is 2.31. The van der Waals surface area contributed by atoms with Crippen molar-refractivity contribution >= 4 is 23.4 Å². The maximum Gasteiger partial charge on any atom is 0.262 e. The number of fused-ring (bicyclic) bond motifs is 1. The Morgan fingerprint density at radius 3 is 2.65 bits per heavy atom. The van der Waals surface area contributed by atoms with E-state index >= 15 is 0 Å². The lowest BCUT2D eigenvalue weighted by Crippen LogP contribution is -2.51. The molecule has 0 radical (unpaired) electrons. The molecule has 0 saturated heterocycles. The van der Waals surface area contributed by atoms with E-state index in [1.165, 1.54) is 4.90 Å². The minimum atomic E-state index is -0.687. The summed E-state index contributed by atoms with van der Waals surface area (Å²) >= 11 is 0. The van der Waals surface area contributed by atoms with Crippen molar-refractivity contribution in [1.29, 1.82) is 0 Å². The summed E-state index contributed by atoms with van der Waals surface area (Å²) in [6.45, 7) is 2.80. The Labute approximate surface area is 153 Å². The largest absolute Gasteiger partial charge is 0.477 e. The van der Waals surface area contributed by atoms with Crippen molar-refractivity contribution in [2.24, 2.45) is 0 Å². The van der Waals surface area contributed by atoms with Gasteiger partial charge in [-0.05, 0) is 18.6 Å². The molecule has 3 amide bonds. The standard InChI is InChI=1S/C18H26N4O4/c1-4-9-19-18(25)15-11-22(13-7-5-6-8-14(13)26-15)12-16(23)20-10-17(24)21(2)3/h5-8,15H,4,9-12H2,1-3H3,(H,19,25)(H,20,23)/t15-/m1/s1. The summed E-state index contributed by atoms with van der Waals surface area (Å²) in [6, 6.07) is 7.28. The van der Waals surface area contributed by atoms with Crippen LogP contribution in [-0.2, 0) is 14.4 Å². The van der Waals surface area contributed by atoms with Crippen molar-refractivity contribution in [2.75, 3.05) is 45.2 Å². The number of ether oxygens (including phenoxy) is 1. The summed E-state index contributed by atoms with van der Waals surface area (Å²) in [6.07, 6.45) is 0.147. The molecule has 0 fully saturated rings. The molecule has 1 aliphatic heterocycles. The minimum absolute atomic E-state index is 0.0403. The van der Waals surface area contributed by atoms with Crippen LogP contribution >= 0.6 is 0 Å². The van der Waals surface area contributed by atoms with E-state index in [4.69, 9.17) is 4.74 Å². The maximum absolute atomic E-state index is 12.3. The van der Waals surface area contributed by atoms with E-state index in [1.807, 2.05) is 25.1 Å². The summed E-state index contributed by atoms with van der Waals surface area (Å²) < 4.78 is 5.79. The third-order valence-electron chi connectivity index (χ3n) is 3.97. The van der Waals surface area contributed by atoms with Gasteiger partial charge in [-0.1, -0.05) is 19.1 Å². The molecule has 0 spiro atoms. The summed E-state index contributed by atoms with van der Waals surface area (Å²) in [5.74, 6) is -0.107. The second-order valence-electron chi connectivity index (χ2n) is 6.31. The molecule has 142 valence electrons. The molecule has 1 aromatic rings. The number of benzene rings is 1. The fourth-order valence-corrected chi connectivity index (χ4v) is 2.52. The Hall–Kier alpha value is -2.77. The number of carbonyl (C=O) groups excluding carboxylic acids is 3. The highest BCUT2D eigenvalue weighted by atomic mass is 16.5. The predicted octanol–water partition coefficient (Wildman–Crippen LogP) is -0.0154. The highest BCUT2D eigenvalue weighted by Crippen LogP contribution is 2.32. The smallest absolute Gasteiger partial charge is 0.262 e. The number of nitrogens with zero attached hydrogens (tertiary/aromatic N) is 2. The first-order chi connectivity index (χ1) is 12.4. The molecule has 0 unspecified atom stereocenters. The summed E-state index contributed by atoms with van der Waals surface area (Å²) in [5, 5.41) is 5.43. The van der Waals surface area contributed by atoms with Crippen LogP contribution in [-0.4, -0.2) is 69.0 Å². The molecule has 2 rings (SSSR count). The van der Waals surface area contributed by atoms with Gasteiger partial charge in [0.05, 0.1) is 25.3 Å². The van der Waals surface area contributed by atoms with Crippen LogP contribution in [0.2, 0.25) is 0 Å². The molecule has 1 heterocycles. The van der Waals surface area contributed by atoms with Crippen LogP contribution in [0.5, 0.6) is 5.75 Å². The lowest BCUT2D eigenvalue weighted by molar-refractivity contribution is -0.130. The number of anilines is 1. The molecule has 0 saturated carbocycles. The van der Waals surface area contributed by atoms with Gasteiger partial charge >= 0.3 is 0 Å². The van der Waals surface area contributed by atoms with Crippen LogP contribution in [0.4, 0.5) is 5.69 Å². The Balaban J connectivity index is 2.04. The maximum atomic E-state index is 12.3. The number of nitrogens with one attached hydrogen (secondary N) is 2. The molecule has 8 nitrogen and oxygen atoms in total. The van der Waals surface area contributed by atoms with Crippen LogP contribution < -0.4 is 20.3 Å². The molecule has 26 heavy (non-hydrogen) atoms. The Bertz CT molecular complexity index is 662. The van der Waals surface area contributed by atoms with Crippen molar-refractivity contribution in [2.45, 2.75) is 19.4 Å². The van der Waals surface area contributed by atoms with Gasteiger partial charge in [-0.3, -0.25) is 14.4 Å². The van der Waals surface area contributed by atoms with Gasteiger partial charge in [-0.2, -0.15) is 0 Å². The molecule has 0 aliphatic carbocycles. The first-order valence-corrected chi connectivity index (χ1v) is 8.67. The highest BCUT2D eigenvalue weighted by molar-refractivity contribution is 5.88. The third-order valence-corrected chi connectivity index (χ3v) is 3.97. The second kappa shape index (κ2) is 9.07. The molecule has 2 N–H and O–H groups in total. The van der Waals surface area contributed by atoms with Gasteiger partial charge in [0, 0.05) is 20.6 Å². The molecule has 0 aromatic heterocycles. The van der Waals surface area contributed by atoms with Gasteiger partial charge < -0.3 is 25.2 Å². The Kier molecular flexibility index (Phi) is 6.82. The lowest BCUT2D eigenvalue weighted by atomic mass is 10.1. The van der Waals surface area contributed by atoms with E-state index in [2.05, 4.69) is 10.6 Å². The van der Waals surface area contributed by atoms with Crippen molar-refractivity contribution in [1.82, 2.24) is 15.5 Å². The fourth-order valence-electron chi connectivity index (χ4n) is 2.52. The van der Waals surface area contributed by atoms with E-state index in [9.17, 15) is 14.4 Å². The number of carbonyl (C=O) groups is 3. The number of rotatable bonds is 7. The van der Waals surface area contributed by atoms with Crippen molar-refractivity contribution in [3.8, 4) is 5.75 Å². The van der Waals surface area contributed by atoms with Gasteiger partial charge in [0.1, 0.15) is 5.75 Å². The van der Waals surface area contributed by atoms with Gasteiger partial charge in [-0.25, -0.2) is 0 Å². The number of hydrogen-bond donors (Lipinski definition) is 2. The topological polar surface area (TPSA) is 91.0 Å². The van der Waals surface area contributed by atoms with Gasteiger partial charge in [-0.15, -0.1) is 0 Å². The van der Waals surface area contributed by atoms with Crippen LogP contribution in [0.1, 0.15) is 13.3 Å². The van der Waals surface area contributed by atoms with Crippen LogP contribution in [0, 0.1) is 0 Å². The lowest BCUT2D eigenvalue weighted by Gasteiger charge is -2.35. The van der Waals surface area contributed by atoms with Gasteiger partial charge in [0.2, 0.25) is 11.8 Å². The van der Waals surface area contributed by atoms with Crippen LogP contribution in [0.25, 0.3) is 0 Å². The monoisotopic (exact) mass is 362 g/mol. The molecule has 1 atom stereocenters. The van der Waals surface area contributed by atoms with Crippen molar-refractivity contribution in [3.63, 3.8) is 0 Å². The Morgan fingerprint density at radius 1 is 1.23 bits per heavy atom. The quantitative estimate of drug-likeness (QED) is 0.712. The average molecular weight is 362 g/mol. The molecule has 0 bridgehead atoms.